The second kappa shape index (κ2) is 4.62. The summed E-state index contributed by atoms with van der Waals surface area (Å²) >= 11 is 0. The first-order valence-corrected chi connectivity index (χ1v) is 5.53. The molecule has 5 nitrogen and oxygen atoms in total. The number of methoxy groups -OCH3 is 2. The van der Waals surface area contributed by atoms with Crippen molar-refractivity contribution in [2.75, 3.05) is 14.2 Å². The minimum Gasteiger partial charge on any atom is -0.497 e. The predicted octanol–water partition coefficient (Wildman–Crippen LogP) is 0.740. The summed E-state index contributed by atoms with van der Waals surface area (Å²) < 4.78 is 10.3. The molecular formula is C13H17N3O2. The Kier molecular flexibility index (Phi) is 3.16. The lowest BCUT2D eigenvalue weighted by atomic mass is 9.95. The highest BCUT2D eigenvalue weighted by atomic mass is 16.5. The molecule has 1 heterocycles. The molecule has 0 fully saturated rings. The van der Waals surface area contributed by atoms with Gasteiger partial charge in [-0.2, -0.15) is 0 Å². The highest BCUT2D eigenvalue weighted by Crippen LogP contribution is 2.27. The van der Waals surface area contributed by atoms with E-state index in [1.165, 1.54) is 0 Å². The van der Waals surface area contributed by atoms with Gasteiger partial charge in [0.2, 0.25) is 0 Å². The second-order valence-electron chi connectivity index (χ2n) is 4.02. The molecule has 0 saturated carbocycles. The molecule has 0 aliphatic carbocycles. The van der Waals surface area contributed by atoms with E-state index >= 15 is 0 Å². The lowest BCUT2D eigenvalue weighted by molar-refractivity contribution is 0.225. The molecule has 0 aromatic heterocycles. The number of nitrogens with two attached hydrogens (primary N) is 2. The maximum absolute atomic E-state index is 6.32. The van der Waals surface area contributed by atoms with E-state index in [1.54, 1.807) is 26.4 Å². The van der Waals surface area contributed by atoms with E-state index in [0.717, 1.165) is 11.3 Å². The Morgan fingerprint density at radius 1 is 1.06 bits per heavy atom. The number of allylic oxidation sites excluding steroid dienone is 2. The van der Waals surface area contributed by atoms with Crippen LogP contribution in [0.3, 0.4) is 0 Å². The highest BCUT2D eigenvalue weighted by Gasteiger charge is 2.33. The molecule has 1 aromatic carbocycles. The molecule has 0 saturated heterocycles. The molecular weight excluding hydrogens is 230 g/mol. The van der Waals surface area contributed by atoms with Gasteiger partial charge in [0.25, 0.3) is 0 Å². The van der Waals surface area contributed by atoms with Crippen LogP contribution in [-0.2, 0) is 10.4 Å². The van der Waals surface area contributed by atoms with Crippen molar-refractivity contribution in [3.63, 3.8) is 0 Å². The SMILES string of the molecule is COC1=CC=C(N)C(N)(c2ccc(OC)cc2)N1. The van der Waals surface area contributed by atoms with Gasteiger partial charge in [0.15, 0.2) is 11.5 Å². The van der Waals surface area contributed by atoms with Crippen LogP contribution in [0.2, 0.25) is 0 Å². The maximum atomic E-state index is 6.32. The molecule has 96 valence electrons. The van der Waals surface area contributed by atoms with Crippen LogP contribution in [-0.4, -0.2) is 14.2 Å². The van der Waals surface area contributed by atoms with Crippen LogP contribution in [0.25, 0.3) is 0 Å². The van der Waals surface area contributed by atoms with E-state index in [0.29, 0.717) is 11.6 Å². The third kappa shape index (κ3) is 2.00. The van der Waals surface area contributed by atoms with E-state index in [4.69, 9.17) is 20.9 Å². The molecule has 18 heavy (non-hydrogen) atoms. The van der Waals surface area contributed by atoms with Crippen LogP contribution < -0.4 is 21.5 Å². The molecule has 5 heteroatoms. The Hall–Kier alpha value is -2.14. The smallest absolute Gasteiger partial charge is 0.188 e. The molecule has 0 radical (unpaired) electrons. The van der Waals surface area contributed by atoms with Crippen molar-refractivity contribution in [3.05, 3.63) is 53.6 Å². The Morgan fingerprint density at radius 3 is 2.28 bits per heavy atom. The number of rotatable bonds is 3. The summed E-state index contributed by atoms with van der Waals surface area (Å²) in [5, 5.41) is 3.07. The van der Waals surface area contributed by atoms with Crippen molar-refractivity contribution in [1.29, 1.82) is 0 Å². The van der Waals surface area contributed by atoms with Crippen LogP contribution in [0.4, 0.5) is 0 Å². The summed E-state index contributed by atoms with van der Waals surface area (Å²) in [6.07, 6.45) is 3.48. The molecule has 0 amide bonds. The Morgan fingerprint density at radius 2 is 1.72 bits per heavy atom. The van der Waals surface area contributed by atoms with Gasteiger partial charge in [-0.25, -0.2) is 0 Å². The molecule has 1 aliphatic heterocycles. The van der Waals surface area contributed by atoms with Crippen LogP contribution in [0.15, 0.2) is 48.0 Å². The second-order valence-corrected chi connectivity index (χ2v) is 4.02. The molecule has 1 unspecified atom stereocenters. The first-order chi connectivity index (χ1) is 8.60. The molecule has 1 aromatic rings. The Bertz CT molecular complexity index is 493. The van der Waals surface area contributed by atoms with Crippen molar-refractivity contribution >= 4 is 0 Å². The first-order valence-electron chi connectivity index (χ1n) is 5.53. The predicted molar refractivity (Wildman–Crippen MR) is 69.4 cm³/mol. The molecule has 2 rings (SSSR count). The Labute approximate surface area is 106 Å². The lowest BCUT2D eigenvalue weighted by Crippen LogP contribution is -2.55. The summed E-state index contributed by atoms with van der Waals surface area (Å²) in [4.78, 5) is 0. The molecule has 0 bridgehead atoms. The third-order valence-corrected chi connectivity index (χ3v) is 2.96. The zero-order valence-corrected chi connectivity index (χ0v) is 10.4. The van der Waals surface area contributed by atoms with E-state index < -0.39 is 5.66 Å². The van der Waals surface area contributed by atoms with Crippen molar-refractivity contribution in [2.45, 2.75) is 5.66 Å². The van der Waals surface area contributed by atoms with Crippen molar-refractivity contribution in [2.24, 2.45) is 11.5 Å². The maximum Gasteiger partial charge on any atom is 0.188 e. The number of hydrogen-bond acceptors (Lipinski definition) is 5. The molecule has 0 spiro atoms. The van der Waals surface area contributed by atoms with Crippen LogP contribution in [0, 0.1) is 0 Å². The van der Waals surface area contributed by atoms with Crippen molar-refractivity contribution < 1.29 is 9.47 Å². The first kappa shape index (κ1) is 12.3. The van der Waals surface area contributed by atoms with Gasteiger partial charge in [-0.15, -0.1) is 0 Å². The normalized spacial score (nSPS) is 22.6. The highest BCUT2D eigenvalue weighted by molar-refractivity contribution is 5.40. The average molecular weight is 247 g/mol. The summed E-state index contributed by atoms with van der Waals surface area (Å²) in [5.41, 5.74) is 12.7. The summed E-state index contributed by atoms with van der Waals surface area (Å²) in [6.45, 7) is 0. The molecule has 1 aliphatic rings. The van der Waals surface area contributed by atoms with Crippen LogP contribution in [0.1, 0.15) is 5.56 Å². The van der Waals surface area contributed by atoms with Gasteiger partial charge < -0.3 is 20.5 Å². The summed E-state index contributed by atoms with van der Waals surface area (Å²) in [6, 6.07) is 7.41. The number of hydrogen-bond donors (Lipinski definition) is 3. The van der Waals surface area contributed by atoms with Crippen LogP contribution in [0.5, 0.6) is 5.75 Å². The zero-order valence-electron chi connectivity index (χ0n) is 10.4. The fraction of sp³-hybridized carbons (Fsp3) is 0.231. The van der Waals surface area contributed by atoms with E-state index in [2.05, 4.69) is 5.32 Å². The Balaban J connectivity index is 2.36. The lowest BCUT2D eigenvalue weighted by Gasteiger charge is -2.35. The van der Waals surface area contributed by atoms with Gasteiger partial charge in [-0.1, -0.05) is 12.1 Å². The number of nitrogens with one attached hydrogen (secondary N) is 1. The average Bonchev–Trinajstić information content (AvgIpc) is 2.42. The van der Waals surface area contributed by atoms with Gasteiger partial charge >= 0.3 is 0 Å². The number of benzene rings is 1. The fourth-order valence-electron chi connectivity index (χ4n) is 1.82. The van der Waals surface area contributed by atoms with Crippen LogP contribution >= 0.6 is 0 Å². The fourth-order valence-corrected chi connectivity index (χ4v) is 1.82. The quantitative estimate of drug-likeness (QED) is 0.734. The van der Waals surface area contributed by atoms with Gasteiger partial charge in [0.05, 0.1) is 19.9 Å². The molecule has 5 N–H and O–H groups in total. The van der Waals surface area contributed by atoms with Gasteiger partial charge in [0.1, 0.15) is 5.75 Å². The molecule has 1 atom stereocenters. The minimum atomic E-state index is -0.966. The van der Waals surface area contributed by atoms with Crippen molar-refractivity contribution in [3.8, 4) is 5.75 Å². The van der Waals surface area contributed by atoms with Gasteiger partial charge in [0, 0.05) is 0 Å². The van der Waals surface area contributed by atoms with Gasteiger partial charge in [-0.3, -0.25) is 5.73 Å². The number of dihydropyridines is 1. The number of ether oxygens (including phenoxy) is 2. The summed E-state index contributed by atoms with van der Waals surface area (Å²) in [7, 11) is 3.19. The standard InChI is InChI=1S/C13H17N3O2/c1-17-10-5-3-9(4-6-10)13(15)11(14)7-8-12(16-13)18-2/h3-8,16H,14-15H2,1-2H3. The van der Waals surface area contributed by atoms with E-state index in [1.807, 2.05) is 24.3 Å². The monoisotopic (exact) mass is 247 g/mol. The van der Waals surface area contributed by atoms with E-state index in [9.17, 15) is 0 Å². The summed E-state index contributed by atoms with van der Waals surface area (Å²) in [5.74, 6) is 1.34. The third-order valence-electron chi connectivity index (χ3n) is 2.96. The largest absolute Gasteiger partial charge is 0.497 e. The topological polar surface area (TPSA) is 82.5 Å². The minimum absolute atomic E-state index is 0.522. The van der Waals surface area contributed by atoms with E-state index in [-0.39, 0.29) is 0 Å². The van der Waals surface area contributed by atoms with Crippen molar-refractivity contribution in [1.82, 2.24) is 5.32 Å². The zero-order chi connectivity index (χ0) is 13.2. The van der Waals surface area contributed by atoms with Gasteiger partial charge in [-0.05, 0) is 29.8 Å².